The van der Waals surface area contributed by atoms with Gasteiger partial charge in [-0.1, -0.05) is 15.9 Å². The molecule has 1 aliphatic heterocycles. The number of aromatic nitrogens is 2. The highest BCUT2D eigenvalue weighted by molar-refractivity contribution is 9.09. The zero-order chi connectivity index (χ0) is 13.4. The Bertz CT molecular complexity index is 544. The Hall–Kier alpha value is -1.03. The standard InChI is InChI=1S/C9H10BrFN2O5/c10-7(16)6-5(15)4(11)8(18-6)13-2-1-3(14)12-9(13)17/h1-2,4-8,15-16H,(H,12,14,17)/t4-,5+,6+,7?,8-/m1/s1. The molecular formula is C9H10BrFN2O5. The number of rotatable bonds is 2. The van der Waals surface area contributed by atoms with Gasteiger partial charge in [0, 0.05) is 12.3 Å². The zero-order valence-corrected chi connectivity index (χ0v) is 10.4. The largest absolute Gasteiger partial charge is 0.387 e. The van der Waals surface area contributed by atoms with Gasteiger partial charge in [-0.25, -0.2) is 9.18 Å². The van der Waals surface area contributed by atoms with Crippen LogP contribution in [-0.4, -0.2) is 43.2 Å². The van der Waals surface area contributed by atoms with Crippen molar-refractivity contribution >= 4 is 15.9 Å². The molecule has 1 aromatic heterocycles. The molecule has 1 aliphatic rings. The van der Waals surface area contributed by atoms with Crippen molar-refractivity contribution in [3.8, 4) is 0 Å². The highest BCUT2D eigenvalue weighted by Crippen LogP contribution is 2.33. The molecule has 0 radical (unpaired) electrons. The van der Waals surface area contributed by atoms with E-state index in [0.717, 1.165) is 16.8 Å². The lowest BCUT2D eigenvalue weighted by molar-refractivity contribution is -0.0570. The second-order valence-corrected chi connectivity index (χ2v) is 4.75. The first kappa shape index (κ1) is 13.4. The molecule has 100 valence electrons. The maximum atomic E-state index is 13.8. The summed E-state index contributed by atoms with van der Waals surface area (Å²) in [5, 5.41) is 17.5. The summed E-state index contributed by atoms with van der Waals surface area (Å²) in [6, 6.07) is 1.03. The van der Waals surface area contributed by atoms with Gasteiger partial charge in [0.1, 0.15) is 17.2 Å². The van der Waals surface area contributed by atoms with E-state index in [1.54, 1.807) is 0 Å². The Balaban J connectivity index is 2.35. The van der Waals surface area contributed by atoms with Gasteiger partial charge in [-0.3, -0.25) is 14.3 Å². The van der Waals surface area contributed by atoms with Gasteiger partial charge in [-0.05, 0) is 0 Å². The summed E-state index contributed by atoms with van der Waals surface area (Å²) in [5.74, 6) is 0. The van der Waals surface area contributed by atoms with E-state index in [-0.39, 0.29) is 0 Å². The Morgan fingerprint density at radius 3 is 2.72 bits per heavy atom. The van der Waals surface area contributed by atoms with E-state index in [2.05, 4.69) is 15.9 Å². The molecule has 0 aromatic carbocycles. The number of ether oxygens (including phenoxy) is 1. The quantitative estimate of drug-likeness (QED) is 0.596. The SMILES string of the molecule is O=c1ccn([C@@H]2O[C@H](C(O)Br)[C@@H](O)[C@H]2F)c(=O)[nH]1. The van der Waals surface area contributed by atoms with E-state index in [0.29, 0.717) is 0 Å². The summed E-state index contributed by atoms with van der Waals surface area (Å²) in [4.78, 5) is 24.3. The van der Waals surface area contributed by atoms with Crippen molar-refractivity contribution in [3.05, 3.63) is 33.1 Å². The summed E-state index contributed by atoms with van der Waals surface area (Å²) in [6.07, 6.45) is -5.02. The number of alkyl halides is 2. The smallest absolute Gasteiger partial charge is 0.330 e. The summed E-state index contributed by atoms with van der Waals surface area (Å²) in [5.41, 5.74) is -1.48. The monoisotopic (exact) mass is 324 g/mol. The molecule has 1 fully saturated rings. The fourth-order valence-electron chi connectivity index (χ4n) is 1.74. The Morgan fingerprint density at radius 1 is 1.56 bits per heavy atom. The highest BCUT2D eigenvalue weighted by Gasteiger charge is 2.47. The molecule has 3 N–H and O–H groups in total. The van der Waals surface area contributed by atoms with Crippen LogP contribution in [-0.2, 0) is 4.74 Å². The second kappa shape index (κ2) is 4.92. The first-order valence-corrected chi connectivity index (χ1v) is 5.94. The average Bonchev–Trinajstić information content (AvgIpc) is 2.57. The van der Waals surface area contributed by atoms with Crippen molar-refractivity contribution in [3.63, 3.8) is 0 Å². The van der Waals surface area contributed by atoms with Crippen LogP contribution in [0.4, 0.5) is 4.39 Å². The molecule has 1 saturated heterocycles. The molecule has 2 heterocycles. The van der Waals surface area contributed by atoms with Gasteiger partial charge in [0.2, 0.25) is 0 Å². The number of nitrogens with one attached hydrogen (secondary N) is 1. The van der Waals surface area contributed by atoms with Crippen LogP contribution in [0, 0.1) is 0 Å². The first-order valence-electron chi connectivity index (χ1n) is 5.03. The fraction of sp³-hybridized carbons (Fsp3) is 0.556. The number of aliphatic hydroxyl groups excluding tert-OH is 2. The molecule has 9 heteroatoms. The van der Waals surface area contributed by atoms with Crippen LogP contribution in [0.5, 0.6) is 0 Å². The molecule has 5 atom stereocenters. The minimum atomic E-state index is -1.90. The van der Waals surface area contributed by atoms with Crippen molar-refractivity contribution < 1.29 is 19.3 Å². The Kier molecular flexibility index (Phi) is 3.66. The van der Waals surface area contributed by atoms with Gasteiger partial charge >= 0.3 is 5.69 Å². The van der Waals surface area contributed by atoms with Gasteiger partial charge in [0.05, 0.1) is 0 Å². The Labute approximate surface area is 108 Å². The fourth-order valence-corrected chi connectivity index (χ4v) is 2.18. The molecule has 0 spiro atoms. The van der Waals surface area contributed by atoms with Gasteiger partial charge in [0.25, 0.3) is 5.56 Å². The van der Waals surface area contributed by atoms with E-state index < -0.39 is 40.9 Å². The summed E-state index contributed by atoms with van der Waals surface area (Å²) in [7, 11) is 0. The third-order valence-electron chi connectivity index (χ3n) is 2.63. The molecule has 7 nitrogen and oxygen atoms in total. The van der Waals surface area contributed by atoms with Crippen molar-refractivity contribution in [2.45, 2.75) is 29.6 Å². The summed E-state index contributed by atoms with van der Waals surface area (Å²) < 4.78 is 19.7. The minimum Gasteiger partial charge on any atom is -0.387 e. The molecule has 0 amide bonds. The first-order chi connectivity index (χ1) is 8.41. The van der Waals surface area contributed by atoms with E-state index in [1.165, 1.54) is 0 Å². The maximum absolute atomic E-state index is 13.8. The minimum absolute atomic E-state index is 0.623. The molecular weight excluding hydrogens is 315 g/mol. The highest BCUT2D eigenvalue weighted by atomic mass is 79.9. The predicted molar refractivity (Wildman–Crippen MR) is 61.1 cm³/mol. The van der Waals surface area contributed by atoms with E-state index in [4.69, 9.17) is 4.74 Å². The predicted octanol–water partition coefficient (Wildman–Crippen LogP) is -1.15. The van der Waals surface area contributed by atoms with Crippen LogP contribution >= 0.6 is 15.9 Å². The lowest BCUT2D eigenvalue weighted by Crippen LogP contribution is -2.36. The van der Waals surface area contributed by atoms with Gasteiger partial charge in [0.15, 0.2) is 12.4 Å². The maximum Gasteiger partial charge on any atom is 0.330 e. The van der Waals surface area contributed by atoms with E-state index in [1.807, 2.05) is 4.98 Å². The lowest BCUT2D eigenvalue weighted by Gasteiger charge is -2.16. The third-order valence-corrected chi connectivity index (χ3v) is 3.15. The summed E-state index contributed by atoms with van der Waals surface area (Å²) >= 11 is 2.76. The van der Waals surface area contributed by atoms with Crippen LogP contribution in [0.15, 0.2) is 21.9 Å². The summed E-state index contributed by atoms with van der Waals surface area (Å²) in [6.45, 7) is 0. The number of hydrogen-bond acceptors (Lipinski definition) is 5. The van der Waals surface area contributed by atoms with Crippen LogP contribution in [0.3, 0.4) is 0 Å². The lowest BCUT2D eigenvalue weighted by atomic mass is 10.1. The third kappa shape index (κ3) is 2.26. The van der Waals surface area contributed by atoms with Crippen molar-refractivity contribution in [2.24, 2.45) is 0 Å². The zero-order valence-electron chi connectivity index (χ0n) is 8.86. The molecule has 0 bridgehead atoms. The second-order valence-electron chi connectivity index (χ2n) is 3.82. The van der Waals surface area contributed by atoms with Gasteiger partial charge in [-0.2, -0.15) is 0 Å². The van der Waals surface area contributed by atoms with Crippen LogP contribution in [0.2, 0.25) is 0 Å². The van der Waals surface area contributed by atoms with Crippen molar-refractivity contribution in [2.75, 3.05) is 0 Å². The molecule has 0 saturated carbocycles. The number of hydrogen-bond donors (Lipinski definition) is 3. The van der Waals surface area contributed by atoms with Gasteiger partial charge < -0.3 is 14.9 Å². The normalized spacial score (nSPS) is 33.6. The molecule has 1 unspecified atom stereocenters. The number of H-pyrrole nitrogens is 1. The number of aromatic amines is 1. The van der Waals surface area contributed by atoms with Crippen molar-refractivity contribution in [1.29, 1.82) is 0 Å². The molecule has 1 aromatic rings. The Morgan fingerprint density at radius 2 is 2.22 bits per heavy atom. The van der Waals surface area contributed by atoms with Crippen LogP contribution in [0.1, 0.15) is 6.23 Å². The van der Waals surface area contributed by atoms with Crippen LogP contribution in [0.25, 0.3) is 0 Å². The van der Waals surface area contributed by atoms with E-state index in [9.17, 15) is 24.2 Å². The number of nitrogens with zero attached hydrogens (tertiary/aromatic N) is 1. The van der Waals surface area contributed by atoms with Crippen molar-refractivity contribution in [1.82, 2.24) is 9.55 Å². The van der Waals surface area contributed by atoms with Crippen LogP contribution < -0.4 is 11.2 Å². The average molecular weight is 325 g/mol. The molecule has 0 aliphatic carbocycles. The number of aliphatic hydroxyl groups is 2. The van der Waals surface area contributed by atoms with E-state index >= 15 is 0 Å². The van der Waals surface area contributed by atoms with Gasteiger partial charge in [-0.15, -0.1) is 0 Å². The molecule has 18 heavy (non-hydrogen) atoms. The molecule has 2 rings (SSSR count). The number of halogens is 2. The topological polar surface area (TPSA) is 105 Å².